The molecule has 0 aliphatic carbocycles. The number of rotatable bonds is 8. The van der Waals surface area contributed by atoms with Gasteiger partial charge in [0.1, 0.15) is 17.3 Å². The summed E-state index contributed by atoms with van der Waals surface area (Å²) in [7, 11) is 3.22. The van der Waals surface area contributed by atoms with Crippen molar-refractivity contribution in [3.63, 3.8) is 0 Å². The Balaban J connectivity index is 0.00000158. The largest absolute Gasteiger partial charge is 0.496 e. The van der Waals surface area contributed by atoms with Gasteiger partial charge in [-0.05, 0) is 47.7 Å². The number of aryl methyl sites for hydroxylation is 1. The third-order valence-corrected chi connectivity index (χ3v) is 6.95. The van der Waals surface area contributed by atoms with Crippen LogP contribution in [-0.2, 0) is 13.0 Å². The van der Waals surface area contributed by atoms with Crippen LogP contribution in [0.1, 0.15) is 76.2 Å². The van der Waals surface area contributed by atoms with Crippen LogP contribution in [0, 0.1) is 5.82 Å². The Bertz CT molecular complexity index is 1560. The van der Waals surface area contributed by atoms with E-state index in [0.717, 1.165) is 57.8 Å². The molecule has 2 heterocycles. The number of methoxy groups -OCH3 is 2. The minimum absolute atomic E-state index is 0. The van der Waals surface area contributed by atoms with E-state index in [1.807, 2.05) is 26.0 Å². The molecule has 6 nitrogen and oxygen atoms in total. The maximum absolute atomic E-state index is 15.3. The molecule has 1 aliphatic heterocycles. The lowest BCUT2D eigenvalue weighted by atomic mass is 9.92. The van der Waals surface area contributed by atoms with Gasteiger partial charge in [-0.15, -0.1) is 0 Å². The molecular formula is C34H41FN4O2. The van der Waals surface area contributed by atoms with Gasteiger partial charge in [-0.1, -0.05) is 65.3 Å². The molecular weight excluding hydrogens is 515 g/mol. The average Bonchev–Trinajstić information content (AvgIpc) is 3.14. The van der Waals surface area contributed by atoms with E-state index < -0.39 is 0 Å². The molecule has 0 unspecified atom stereocenters. The first kappa shape index (κ1) is 29.7. The van der Waals surface area contributed by atoms with Crippen LogP contribution in [0.25, 0.3) is 11.3 Å². The van der Waals surface area contributed by atoms with Gasteiger partial charge >= 0.3 is 0 Å². The molecule has 216 valence electrons. The highest BCUT2D eigenvalue weighted by molar-refractivity contribution is 6.18. The SMILES string of the molecule is CC.CCCc1ccc2c(c1)C(c1c(F)cccc1OC)=NCc1cnc(Nc3ccc(C(C)C)c(OC)c3)nc1-2.[HH]. The van der Waals surface area contributed by atoms with Crippen LogP contribution in [0.15, 0.2) is 65.8 Å². The highest BCUT2D eigenvalue weighted by Gasteiger charge is 2.25. The van der Waals surface area contributed by atoms with Crippen LogP contribution in [0.5, 0.6) is 11.5 Å². The molecule has 0 bridgehead atoms. The predicted molar refractivity (Wildman–Crippen MR) is 168 cm³/mol. The van der Waals surface area contributed by atoms with Crippen molar-refractivity contribution in [3.8, 4) is 22.8 Å². The fourth-order valence-electron chi connectivity index (χ4n) is 5.02. The fraction of sp³-hybridized carbons (Fsp3) is 0.324. The van der Waals surface area contributed by atoms with Crippen LogP contribution in [0.4, 0.5) is 16.0 Å². The summed E-state index contributed by atoms with van der Waals surface area (Å²) < 4.78 is 26.4. The summed E-state index contributed by atoms with van der Waals surface area (Å²) >= 11 is 0. The zero-order chi connectivity index (χ0) is 29.5. The van der Waals surface area contributed by atoms with Crippen LogP contribution in [0.2, 0.25) is 0 Å². The molecule has 3 aromatic carbocycles. The summed E-state index contributed by atoms with van der Waals surface area (Å²) in [4.78, 5) is 14.4. The van der Waals surface area contributed by atoms with E-state index in [4.69, 9.17) is 19.5 Å². The first-order valence-electron chi connectivity index (χ1n) is 14.2. The number of ether oxygens (including phenoxy) is 2. The standard InChI is InChI=1S/C32H33FN4O2.C2H6.H2/c1-6-8-20-11-13-24-25(15-20)31(29-26(33)9-7-10-27(29)38-4)34-17-21-18-35-32(37-30(21)24)36-22-12-14-23(19(2)3)28(16-22)39-5;1-2;/h7,9-16,18-19H,6,8,17H2,1-5H3,(H,35,36,37);1-2H3;1H. The maximum atomic E-state index is 15.3. The van der Waals surface area contributed by atoms with Gasteiger partial charge in [0, 0.05) is 36.1 Å². The Hall–Kier alpha value is -4.26. The smallest absolute Gasteiger partial charge is 0.227 e. The molecule has 0 radical (unpaired) electrons. The molecule has 1 aliphatic rings. The highest BCUT2D eigenvalue weighted by atomic mass is 19.1. The number of anilines is 2. The molecule has 7 heteroatoms. The second-order valence-corrected chi connectivity index (χ2v) is 9.92. The first-order chi connectivity index (χ1) is 19.9. The van der Waals surface area contributed by atoms with Gasteiger partial charge in [-0.3, -0.25) is 4.99 Å². The molecule has 0 amide bonds. The van der Waals surface area contributed by atoms with E-state index in [0.29, 0.717) is 35.4 Å². The monoisotopic (exact) mass is 556 g/mol. The lowest BCUT2D eigenvalue weighted by Gasteiger charge is -2.16. The van der Waals surface area contributed by atoms with Crippen LogP contribution in [-0.4, -0.2) is 29.9 Å². The Morgan fingerprint density at radius 2 is 1.76 bits per heavy atom. The second-order valence-electron chi connectivity index (χ2n) is 9.92. The summed E-state index contributed by atoms with van der Waals surface area (Å²) in [6.07, 6.45) is 3.70. The zero-order valence-corrected chi connectivity index (χ0v) is 25.0. The van der Waals surface area contributed by atoms with Crippen molar-refractivity contribution in [2.24, 2.45) is 4.99 Å². The molecule has 4 aromatic rings. The van der Waals surface area contributed by atoms with E-state index in [9.17, 15) is 0 Å². The third-order valence-electron chi connectivity index (χ3n) is 6.95. The van der Waals surface area contributed by atoms with Crippen LogP contribution in [0.3, 0.4) is 0 Å². The van der Waals surface area contributed by atoms with Crippen molar-refractivity contribution in [1.82, 2.24) is 9.97 Å². The van der Waals surface area contributed by atoms with Crippen molar-refractivity contribution in [3.05, 3.63) is 94.4 Å². The molecule has 1 aromatic heterocycles. The topological polar surface area (TPSA) is 68.6 Å². The predicted octanol–water partition coefficient (Wildman–Crippen LogP) is 8.74. The lowest BCUT2D eigenvalue weighted by Crippen LogP contribution is -2.10. The maximum Gasteiger partial charge on any atom is 0.227 e. The van der Waals surface area contributed by atoms with Gasteiger partial charge in [-0.25, -0.2) is 14.4 Å². The van der Waals surface area contributed by atoms with Crippen molar-refractivity contribution < 1.29 is 15.3 Å². The van der Waals surface area contributed by atoms with E-state index in [1.54, 1.807) is 32.5 Å². The number of aliphatic imine (C=N–C) groups is 1. The van der Waals surface area contributed by atoms with Crippen LogP contribution < -0.4 is 14.8 Å². The van der Waals surface area contributed by atoms with Crippen molar-refractivity contribution in [2.45, 2.75) is 59.9 Å². The van der Waals surface area contributed by atoms with Gasteiger partial charge in [0.25, 0.3) is 0 Å². The first-order valence-corrected chi connectivity index (χ1v) is 14.2. The molecule has 5 rings (SSSR count). The molecule has 0 fully saturated rings. The summed E-state index contributed by atoms with van der Waals surface area (Å²) in [5, 5.41) is 3.33. The van der Waals surface area contributed by atoms with Gasteiger partial charge in [-0.2, -0.15) is 0 Å². The van der Waals surface area contributed by atoms with Gasteiger partial charge in [0.05, 0.1) is 37.7 Å². The quantitative estimate of drug-likeness (QED) is 0.235. The summed E-state index contributed by atoms with van der Waals surface area (Å²) in [6.45, 7) is 10.7. The molecule has 0 saturated heterocycles. The number of hydrogen-bond acceptors (Lipinski definition) is 6. The number of hydrogen-bond donors (Lipinski definition) is 1. The number of benzene rings is 3. The minimum atomic E-state index is -0.377. The van der Waals surface area contributed by atoms with Crippen molar-refractivity contribution in [2.75, 3.05) is 19.5 Å². The summed E-state index contributed by atoms with van der Waals surface area (Å²) in [5.74, 6) is 1.69. The molecule has 0 spiro atoms. The van der Waals surface area contributed by atoms with Crippen molar-refractivity contribution >= 4 is 17.3 Å². The number of nitrogens with one attached hydrogen (secondary N) is 1. The highest BCUT2D eigenvalue weighted by Crippen LogP contribution is 2.36. The lowest BCUT2D eigenvalue weighted by molar-refractivity contribution is 0.408. The Morgan fingerprint density at radius 3 is 2.46 bits per heavy atom. The van der Waals surface area contributed by atoms with Gasteiger partial charge in [0.15, 0.2) is 0 Å². The fourth-order valence-corrected chi connectivity index (χ4v) is 5.02. The number of nitrogens with zero attached hydrogens (tertiary/aromatic N) is 3. The number of halogens is 1. The van der Waals surface area contributed by atoms with E-state index >= 15 is 4.39 Å². The van der Waals surface area contributed by atoms with Gasteiger partial charge < -0.3 is 14.8 Å². The van der Waals surface area contributed by atoms with E-state index in [2.05, 4.69) is 55.3 Å². The molecule has 0 saturated carbocycles. The zero-order valence-electron chi connectivity index (χ0n) is 25.0. The van der Waals surface area contributed by atoms with Gasteiger partial charge in [0.2, 0.25) is 5.95 Å². The Kier molecular flexibility index (Phi) is 9.71. The normalized spacial score (nSPS) is 11.9. The van der Waals surface area contributed by atoms with Crippen molar-refractivity contribution in [1.29, 1.82) is 0 Å². The average molecular weight is 557 g/mol. The minimum Gasteiger partial charge on any atom is -0.496 e. The van der Waals surface area contributed by atoms with E-state index in [1.165, 1.54) is 6.07 Å². The van der Waals surface area contributed by atoms with E-state index in [-0.39, 0.29) is 7.24 Å². The number of fused-ring (bicyclic) bond motifs is 3. The Labute approximate surface area is 244 Å². The van der Waals surface area contributed by atoms with Crippen LogP contribution >= 0.6 is 0 Å². The third kappa shape index (κ3) is 6.24. The molecule has 0 atom stereocenters. The summed E-state index contributed by atoms with van der Waals surface area (Å²) in [5.41, 5.74) is 7.37. The second kappa shape index (κ2) is 13.4. The summed E-state index contributed by atoms with van der Waals surface area (Å²) in [6, 6.07) is 17.1. The Morgan fingerprint density at radius 1 is 0.976 bits per heavy atom. The molecule has 41 heavy (non-hydrogen) atoms. The molecule has 1 N–H and O–H groups in total. The number of aromatic nitrogens is 2.